The third-order valence-corrected chi connectivity index (χ3v) is 5.01. The Balaban J connectivity index is 2.25. The zero-order valence-electron chi connectivity index (χ0n) is 9.47. The Hall–Kier alpha value is -0.650. The summed E-state index contributed by atoms with van der Waals surface area (Å²) in [7, 11) is -3.39. The van der Waals surface area contributed by atoms with Gasteiger partial charge in [-0.05, 0) is 25.0 Å². The lowest BCUT2D eigenvalue weighted by molar-refractivity contribution is 0.423. The summed E-state index contributed by atoms with van der Waals surface area (Å²) < 4.78 is 26.1. The van der Waals surface area contributed by atoms with Gasteiger partial charge in [0.2, 0.25) is 10.0 Å². The van der Waals surface area contributed by atoms with Crippen molar-refractivity contribution >= 4 is 21.6 Å². The van der Waals surface area contributed by atoms with Crippen LogP contribution >= 0.6 is 11.6 Å². The molecule has 1 aliphatic rings. The lowest BCUT2D eigenvalue weighted by atomic mass is 10.2. The highest BCUT2D eigenvalue weighted by Crippen LogP contribution is 2.20. The van der Waals surface area contributed by atoms with Crippen molar-refractivity contribution in [2.45, 2.75) is 30.6 Å². The van der Waals surface area contributed by atoms with Crippen molar-refractivity contribution in [2.75, 3.05) is 13.1 Å². The number of aromatic nitrogens is 1. The predicted octanol–water partition coefficient (Wildman–Crippen LogP) is 2.30. The molecule has 1 saturated heterocycles. The number of halogens is 1. The van der Waals surface area contributed by atoms with Crippen LogP contribution in [0.5, 0.6) is 0 Å². The molecule has 2 rings (SSSR count). The second kappa shape index (κ2) is 5.33. The molecule has 6 heteroatoms. The molecule has 1 aliphatic heterocycles. The first-order valence-corrected chi connectivity index (χ1v) is 7.54. The van der Waals surface area contributed by atoms with E-state index in [1.807, 2.05) is 0 Å². The first-order valence-electron chi connectivity index (χ1n) is 5.72. The topological polar surface area (TPSA) is 50.3 Å². The number of hydrogen-bond acceptors (Lipinski definition) is 3. The molecule has 4 nitrogen and oxygen atoms in total. The molecule has 0 aliphatic carbocycles. The largest absolute Gasteiger partial charge is 0.244 e. The van der Waals surface area contributed by atoms with Crippen molar-refractivity contribution < 1.29 is 8.42 Å². The van der Waals surface area contributed by atoms with Gasteiger partial charge in [-0.1, -0.05) is 24.4 Å². The smallest absolute Gasteiger partial charge is 0.243 e. The van der Waals surface area contributed by atoms with Crippen LogP contribution in [0.1, 0.15) is 25.7 Å². The third kappa shape index (κ3) is 2.97. The summed E-state index contributed by atoms with van der Waals surface area (Å²) >= 11 is 5.65. The summed E-state index contributed by atoms with van der Waals surface area (Å²) in [5.74, 6) is 0. The molecule has 2 heterocycles. The van der Waals surface area contributed by atoms with Gasteiger partial charge in [-0.25, -0.2) is 13.4 Å². The van der Waals surface area contributed by atoms with E-state index in [1.54, 1.807) is 4.31 Å². The lowest BCUT2D eigenvalue weighted by Gasteiger charge is -2.19. The minimum atomic E-state index is -3.39. The van der Waals surface area contributed by atoms with Crippen molar-refractivity contribution in [3.63, 3.8) is 0 Å². The summed E-state index contributed by atoms with van der Waals surface area (Å²) in [6.07, 6.45) is 5.39. The van der Waals surface area contributed by atoms with Crippen LogP contribution in [-0.2, 0) is 10.0 Å². The summed E-state index contributed by atoms with van der Waals surface area (Å²) in [6.45, 7) is 1.20. The minimum Gasteiger partial charge on any atom is -0.243 e. The fourth-order valence-electron chi connectivity index (χ4n) is 1.95. The van der Waals surface area contributed by atoms with Crippen LogP contribution in [0, 0.1) is 0 Å². The van der Waals surface area contributed by atoms with E-state index >= 15 is 0 Å². The van der Waals surface area contributed by atoms with Crippen LogP contribution in [0.3, 0.4) is 0 Å². The van der Waals surface area contributed by atoms with Gasteiger partial charge in [0.05, 0.1) is 0 Å². The lowest BCUT2D eigenvalue weighted by Crippen LogP contribution is -2.31. The van der Waals surface area contributed by atoms with E-state index in [-0.39, 0.29) is 4.90 Å². The zero-order valence-corrected chi connectivity index (χ0v) is 11.0. The van der Waals surface area contributed by atoms with Gasteiger partial charge in [0.1, 0.15) is 10.0 Å². The van der Waals surface area contributed by atoms with E-state index in [0.717, 1.165) is 25.7 Å². The molecular formula is C11H15ClN2O2S. The highest BCUT2D eigenvalue weighted by atomic mass is 35.5. The molecule has 0 radical (unpaired) electrons. The molecular weight excluding hydrogens is 260 g/mol. The summed E-state index contributed by atoms with van der Waals surface area (Å²) in [6, 6.07) is 3.02. The predicted molar refractivity (Wildman–Crippen MR) is 66.5 cm³/mol. The molecule has 0 spiro atoms. The summed E-state index contributed by atoms with van der Waals surface area (Å²) in [4.78, 5) is 4.05. The Bertz CT molecular complexity index is 465. The molecule has 0 aromatic carbocycles. The average molecular weight is 275 g/mol. The first-order chi connectivity index (χ1) is 8.10. The first kappa shape index (κ1) is 12.8. The molecule has 0 atom stereocenters. The molecule has 0 N–H and O–H groups in total. The summed E-state index contributed by atoms with van der Waals surface area (Å²) in [5, 5.41) is 0.305. The van der Waals surface area contributed by atoms with E-state index in [4.69, 9.17) is 11.6 Å². The second-order valence-corrected chi connectivity index (χ2v) is 6.46. The Kier molecular flexibility index (Phi) is 4.01. The number of sulfonamides is 1. The second-order valence-electron chi connectivity index (χ2n) is 4.13. The zero-order chi connectivity index (χ0) is 12.3. The Morgan fingerprint density at radius 3 is 2.29 bits per heavy atom. The van der Waals surface area contributed by atoms with Crippen LogP contribution in [0.4, 0.5) is 0 Å². The molecule has 1 fully saturated rings. The number of pyridine rings is 1. The average Bonchev–Trinajstić information content (AvgIpc) is 2.58. The normalized spacial score (nSPS) is 18.9. The highest BCUT2D eigenvalue weighted by Gasteiger charge is 2.25. The van der Waals surface area contributed by atoms with E-state index < -0.39 is 10.0 Å². The maximum Gasteiger partial charge on any atom is 0.244 e. The molecule has 0 bridgehead atoms. The van der Waals surface area contributed by atoms with Crippen molar-refractivity contribution in [3.8, 4) is 0 Å². The molecule has 1 aromatic rings. The Labute approximate surface area is 107 Å². The van der Waals surface area contributed by atoms with Crippen LogP contribution in [-0.4, -0.2) is 30.8 Å². The molecule has 0 saturated carbocycles. The van der Waals surface area contributed by atoms with E-state index in [0.29, 0.717) is 18.2 Å². The highest BCUT2D eigenvalue weighted by molar-refractivity contribution is 7.89. The van der Waals surface area contributed by atoms with Gasteiger partial charge < -0.3 is 0 Å². The quantitative estimate of drug-likeness (QED) is 0.778. The van der Waals surface area contributed by atoms with Crippen molar-refractivity contribution in [1.29, 1.82) is 0 Å². The maximum absolute atomic E-state index is 12.3. The van der Waals surface area contributed by atoms with E-state index in [1.165, 1.54) is 18.3 Å². The Morgan fingerprint density at radius 2 is 1.76 bits per heavy atom. The van der Waals surface area contributed by atoms with Gasteiger partial charge >= 0.3 is 0 Å². The van der Waals surface area contributed by atoms with Gasteiger partial charge in [0.25, 0.3) is 0 Å². The molecule has 0 amide bonds. The summed E-state index contributed by atoms with van der Waals surface area (Å²) in [5.41, 5.74) is 0. The van der Waals surface area contributed by atoms with Crippen LogP contribution in [0.2, 0.25) is 5.15 Å². The standard InChI is InChI=1S/C11H15ClN2O2S/c12-11-6-5-10(9-13-11)17(15,16)14-7-3-1-2-4-8-14/h5-6,9H,1-4,7-8H2. The van der Waals surface area contributed by atoms with E-state index in [9.17, 15) is 8.42 Å². The van der Waals surface area contributed by atoms with Gasteiger partial charge in [-0.2, -0.15) is 4.31 Å². The van der Waals surface area contributed by atoms with Crippen LogP contribution in [0.15, 0.2) is 23.2 Å². The fraction of sp³-hybridized carbons (Fsp3) is 0.545. The van der Waals surface area contributed by atoms with Gasteiger partial charge in [0.15, 0.2) is 0 Å². The monoisotopic (exact) mass is 274 g/mol. The third-order valence-electron chi connectivity index (χ3n) is 2.90. The molecule has 0 unspecified atom stereocenters. The van der Waals surface area contributed by atoms with Crippen molar-refractivity contribution in [2.24, 2.45) is 0 Å². The van der Waals surface area contributed by atoms with Crippen LogP contribution < -0.4 is 0 Å². The van der Waals surface area contributed by atoms with E-state index in [2.05, 4.69) is 4.98 Å². The number of nitrogens with zero attached hydrogens (tertiary/aromatic N) is 2. The molecule has 17 heavy (non-hydrogen) atoms. The Morgan fingerprint density at radius 1 is 1.12 bits per heavy atom. The van der Waals surface area contributed by atoms with Gasteiger partial charge in [-0.15, -0.1) is 0 Å². The fourth-order valence-corrected chi connectivity index (χ4v) is 3.52. The molecule has 1 aromatic heterocycles. The number of rotatable bonds is 2. The van der Waals surface area contributed by atoms with Crippen LogP contribution in [0.25, 0.3) is 0 Å². The van der Waals surface area contributed by atoms with Crippen molar-refractivity contribution in [1.82, 2.24) is 9.29 Å². The van der Waals surface area contributed by atoms with Gasteiger partial charge in [0, 0.05) is 19.3 Å². The SMILES string of the molecule is O=S(=O)(c1ccc(Cl)nc1)N1CCCCCC1. The number of hydrogen-bond donors (Lipinski definition) is 0. The van der Waals surface area contributed by atoms with Gasteiger partial charge in [-0.3, -0.25) is 0 Å². The maximum atomic E-state index is 12.3. The van der Waals surface area contributed by atoms with Crippen molar-refractivity contribution in [3.05, 3.63) is 23.5 Å². The minimum absolute atomic E-state index is 0.226. The molecule has 94 valence electrons.